The van der Waals surface area contributed by atoms with Crippen molar-refractivity contribution in [1.82, 2.24) is 9.78 Å². The highest BCUT2D eigenvalue weighted by atomic mass is 19.1. The summed E-state index contributed by atoms with van der Waals surface area (Å²) >= 11 is 0. The number of aromatic nitrogens is 2. The molecule has 2 heterocycles. The molecule has 32 heavy (non-hydrogen) atoms. The van der Waals surface area contributed by atoms with Crippen LogP contribution in [0.15, 0.2) is 77.6 Å². The summed E-state index contributed by atoms with van der Waals surface area (Å²) in [5.74, 6) is -0.893. The number of hydrogen-bond acceptors (Lipinski definition) is 4. The summed E-state index contributed by atoms with van der Waals surface area (Å²) in [6.45, 7) is 1.67. The predicted octanol–water partition coefficient (Wildman–Crippen LogP) is 4.38. The second-order valence-electron chi connectivity index (χ2n) is 7.76. The minimum atomic E-state index is -0.515. The van der Waals surface area contributed by atoms with E-state index < -0.39 is 5.91 Å². The number of carbonyl (C=O) groups is 1. The number of rotatable bonds is 4. The molecule has 0 bridgehead atoms. The summed E-state index contributed by atoms with van der Waals surface area (Å²) in [4.78, 5) is 28.1. The molecular formula is C25H21FN4O2. The third-order valence-electron chi connectivity index (χ3n) is 5.67. The lowest BCUT2D eigenvalue weighted by Gasteiger charge is -2.19. The monoisotopic (exact) mass is 428 g/mol. The SMILES string of the molecule is O=C(Nc1ccc(N2CCCC2)c(F)c1)c1nn(-c2ccccc2)c(=O)c2ccccc12. The highest BCUT2D eigenvalue weighted by molar-refractivity contribution is 6.11. The molecule has 1 amide bonds. The van der Waals surface area contributed by atoms with Crippen molar-refractivity contribution in [3.63, 3.8) is 0 Å². The smallest absolute Gasteiger partial charge is 0.279 e. The number of halogens is 1. The predicted molar refractivity (Wildman–Crippen MR) is 123 cm³/mol. The number of fused-ring (bicyclic) bond motifs is 1. The third kappa shape index (κ3) is 3.62. The molecule has 160 valence electrons. The molecule has 5 rings (SSSR count). The first kappa shape index (κ1) is 19.9. The van der Waals surface area contributed by atoms with Crippen LogP contribution >= 0.6 is 0 Å². The Bertz CT molecular complexity index is 1360. The van der Waals surface area contributed by atoms with Gasteiger partial charge in [0.1, 0.15) is 5.82 Å². The molecule has 7 heteroatoms. The van der Waals surface area contributed by atoms with Gasteiger partial charge >= 0.3 is 0 Å². The van der Waals surface area contributed by atoms with Gasteiger partial charge in [0.15, 0.2) is 5.69 Å². The quantitative estimate of drug-likeness (QED) is 0.524. The Kier molecular flexibility index (Phi) is 5.15. The van der Waals surface area contributed by atoms with Crippen molar-refractivity contribution in [1.29, 1.82) is 0 Å². The number of carbonyl (C=O) groups excluding carboxylic acids is 1. The molecule has 0 unspecified atom stereocenters. The first-order chi connectivity index (χ1) is 15.6. The summed E-state index contributed by atoms with van der Waals surface area (Å²) < 4.78 is 15.9. The van der Waals surface area contributed by atoms with Crippen molar-refractivity contribution >= 4 is 28.1 Å². The fourth-order valence-electron chi connectivity index (χ4n) is 4.09. The Morgan fingerprint density at radius 2 is 1.59 bits per heavy atom. The number of hydrogen-bond donors (Lipinski definition) is 1. The van der Waals surface area contributed by atoms with Gasteiger partial charge in [-0.2, -0.15) is 9.78 Å². The Hall–Kier alpha value is -4.00. The highest BCUT2D eigenvalue weighted by Gasteiger charge is 2.20. The summed E-state index contributed by atoms with van der Waals surface area (Å²) in [6, 6.07) is 20.5. The maximum atomic E-state index is 14.7. The van der Waals surface area contributed by atoms with E-state index in [9.17, 15) is 14.0 Å². The number of amides is 1. The van der Waals surface area contributed by atoms with Gasteiger partial charge in [0.2, 0.25) is 0 Å². The standard InChI is InChI=1S/C25H21FN4O2/c26-21-16-17(12-13-22(21)29-14-6-7-15-29)27-24(31)23-19-10-4-5-11-20(19)25(32)30(28-23)18-8-2-1-3-9-18/h1-5,8-13,16H,6-7,14-15H2,(H,27,31). The second-order valence-corrected chi connectivity index (χ2v) is 7.76. The summed E-state index contributed by atoms with van der Waals surface area (Å²) in [7, 11) is 0. The van der Waals surface area contributed by atoms with E-state index in [0.717, 1.165) is 25.9 Å². The third-order valence-corrected chi connectivity index (χ3v) is 5.67. The largest absolute Gasteiger partial charge is 0.369 e. The van der Waals surface area contributed by atoms with Crippen LogP contribution in [-0.4, -0.2) is 28.8 Å². The Balaban J connectivity index is 1.53. The van der Waals surface area contributed by atoms with Crippen LogP contribution in [0.1, 0.15) is 23.3 Å². The molecule has 1 aliphatic heterocycles. The number of benzene rings is 3. The second kappa shape index (κ2) is 8.26. The zero-order valence-corrected chi connectivity index (χ0v) is 17.3. The molecule has 0 saturated carbocycles. The number of anilines is 2. The molecule has 0 aliphatic carbocycles. The highest BCUT2D eigenvalue weighted by Crippen LogP contribution is 2.26. The molecule has 3 aromatic carbocycles. The Labute approximate surface area is 183 Å². The van der Waals surface area contributed by atoms with Crippen LogP contribution in [0.3, 0.4) is 0 Å². The lowest BCUT2D eigenvalue weighted by molar-refractivity contribution is 0.102. The van der Waals surface area contributed by atoms with Crippen LogP contribution in [-0.2, 0) is 0 Å². The average molecular weight is 428 g/mol. The molecular weight excluding hydrogens is 407 g/mol. The molecule has 6 nitrogen and oxygen atoms in total. The molecule has 4 aromatic rings. The summed E-state index contributed by atoms with van der Waals surface area (Å²) in [5, 5.41) is 7.91. The van der Waals surface area contributed by atoms with E-state index >= 15 is 0 Å². The fraction of sp³-hybridized carbons (Fsp3) is 0.160. The van der Waals surface area contributed by atoms with Gasteiger partial charge in [0.05, 0.1) is 16.8 Å². The van der Waals surface area contributed by atoms with Gasteiger partial charge in [0.25, 0.3) is 11.5 Å². The lowest BCUT2D eigenvalue weighted by atomic mass is 10.1. The number of para-hydroxylation sites is 1. The van der Waals surface area contributed by atoms with Crippen molar-refractivity contribution in [2.24, 2.45) is 0 Å². The molecule has 0 spiro atoms. The maximum absolute atomic E-state index is 14.7. The van der Waals surface area contributed by atoms with Crippen LogP contribution in [0.5, 0.6) is 0 Å². The van der Waals surface area contributed by atoms with E-state index in [4.69, 9.17) is 0 Å². The van der Waals surface area contributed by atoms with Gasteiger partial charge in [-0.15, -0.1) is 0 Å². The fourth-order valence-corrected chi connectivity index (χ4v) is 4.09. The van der Waals surface area contributed by atoms with Crippen molar-refractivity contribution in [3.8, 4) is 5.69 Å². The minimum absolute atomic E-state index is 0.0908. The van der Waals surface area contributed by atoms with E-state index in [0.29, 0.717) is 27.8 Å². The van der Waals surface area contributed by atoms with E-state index in [1.807, 2.05) is 11.0 Å². The van der Waals surface area contributed by atoms with Crippen LogP contribution in [0.2, 0.25) is 0 Å². The molecule has 1 fully saturated rings. The molecule has 1 aliphatic rings. The Morgan fingerprint density at radius 3 is 2.31 bits per heavy atom. The minimum Gasteiger partial charge on any atom is -0.369 e. The van der Waals surface area contributed by atoms with Gasteiger partial charge in [0, 0.05) is 24.2 Å². The van der Waals surface area contributed by atoms with Crippen molar-refractivity contribution in [2.45, 2.75) is 12.8 Å². The van der Waals surface area contributed by atoms with Gasteiger partial charge < -0.3 is 10.2 Å². The molecule has 0 atom stereocenters. The maximum Gasteiger partial charge on any atom is 0.279 e. The number of nitrogens with zero attached hydrogens (tertiary/aromatic N) is 3. The van der Waals surface area contributed by atoms with Crippen LogP contribution in [0, 0.1) is 5.82 Å². The first-order valence-electron chi connectivity index (χ1n) is 10.6. The molecule has 0 radical (unpaired) electrons. The molecule has 1 N–H and O–H groups in total. The average Bonchev–Trinajstić information content (AvgIpc) is 3.35. The molecule has 1 saturated heterocycles. The van der Waals surface area contributed by atoms with E-state index in [-0.39, 0.29) is 17.1 Å². The zero-order valence-electron chi connectivity index (χ0n) is 17.3. The lowest BCUT2D eigenvalue weighted by Crippen LogP contribution is -2.26. The first-order valence-corrected chi connectivity index (χ1v) is 10.6. The van der Waals surface area contributed by atoms with Crippen LogP contribution in [0.25, 0.3) is 16.5 Å². The van der Waals surface area contributed by atoms with Gasteiger partial charge in [-0.1, -0.05) is 36.4 Å². The van der Waals surface area contributed by atoms with E-state index in [1.54, 1.807) is 60.7 Å². The van der Waals surface area contributed by atoms with Crippen LogP contribution in [0.4, 0.5) is 15.8 Å². The van der Waals surface area contributed by atoms with Crippen molar-refractivity contribution in [2.75, 3.05) is 23.3 Å². The summed E-state index contributed by atoms with van der Waals surface area (Å²) in [6.07, 6.45) is 2.10. The summed E-state index contributed by atoms with van der Waals surface area (Å²) in [5.41, 5.74) is 1.20. The van der Waals surface area contributed by atoms with E-state index in [2.05, 4.69) is 10.4 Å². The van der Waals surface area contributed by atoms with Gasteiger partial charge in [-0.25, -0.2) is 4.39 Å². The van der Waals surface area contributed by atoms with E-state index in [1.165, 1.54) is 10.7 Å². The molecule has 1 aromatic heterocycles. The van der Waals surface area contributed by atoms with Crippen molar-refractivity contribution in [3.05, 3.63) is 94.7 Å². The van der Waals surface area contributed by atoms with Crippen LogP contribution < -0.4 is 15.8 Å². The topological polar surface area (TPSA) is 67.2 Å². The zero-order chi connectivity index (χ0) is 22.1. The van der Waals surface area contributed by atoms with Gasteiger partial charge in [-0.3, -0.25) is 9.59 Å². The van der Waals surface area contributed by atoms with Crippen molar-refractivity contribution < 1.29 is 9.18 Å². The Morgan fingerprint density at radius 1 is 0.906 bits per heavy atom. The normalized spacial score (nSPS) is 13.5. The van der Waals surface area contributed by atoms with Gasteiger partial charge in [-0.05, 0) is 49.2 Å². The number of nitrogens with one attached hydrogen (secondary N) is 1.